The molecule has 1 atom stereocenters. The van der Waals surface area contributed by atoms with Crippen molar-refractivity contribution in [2.75, 3.05) is 5.32 Å². The van der Waals surface area contributed by atoms with E-state index < -0.39 is 0 Å². The first kappa shape index (κ1) is 12.0. The van der Waals surface area contributed by atoms with Crippen LogP contribution in [0.15, 0.2) is 23.7 Å². The van der Waals surface area contributed by atoms with Crippen molar-refractivity contribution in [2.45, 2.75) is 26.8 Å². The number of benzene rings is 1. The number of thiazole rings is 1. The second kappa shape index (κ2) is 4.84. The first-order valence-electron chi connectivity index (χ1n) is 5.50. The maximum Gasteiger partial charge on any atom is 0.128 e. The molecule has 1 aromatic carbocycles. The van der Waals surface area contributed by atoms with E-state index in [4.69, 9.17) is 0 Å². The van der Waals surface area contributed by atoms with Gasteiger partial charge in [-0.15, -0.1) is 11.3 Å². The Hall–Kier alpha value is -1.42. The third kappa shape index (κ3) is 2.64. The van der Waals surface area contributed by atoms with Gasteiger partial charge in [-0.2, -0.15) is 0 Å². The third-order valence-electron chi connectivity index (χ3n) is 2.73. The number of aromatic nitrogens is 1. The topological polar surface area (TPSA) is 24.9 Å². The summed E-state index contributed by atoms with van der Waals surface area (Å²) < 4.78 is 13.4. The summed E-state index contributed by atoms with van der Waals surface area (Å²) in [6.07, 6.45) is 0. The number of halogens is 1. The van der Waals surface area contributed by atoms with Gasteiger partial charge in [-0.05, 0) is 38.5 Å². The fourth-order valence-electron chi connectivity index (χ4n) is 1.72. The minimum atomic E-state index is -0.178. The van der Waals surface area contributed by atoms with Crippen LogP contribution in [0, 0.1) is 19.7 Å². The Labute approximate surface area is 105 Å². The van der Waals surface area contributed by atoms with Gasteiger partial charge >= 0.3 is 0 Å². The molecule has 2 nitrogen and oxygen atoms in total. The van der Waals surface area contributed by atoms with Gasteiger partial charge in [-0.25, -0.2) is 9.37 Å². The van der Waals surface area contributed by atoms with Gasteiger partial charge in [-0.1, -0.05) is 6.07 Å². The number of nitrogens with one attached hydrogen (secondary N) is 1. The Morgan fingerprint density at radius 1 is 1.35 bits per heavy atom. The molecule has 1 unspecified atom stereocenters. The summed E-state index contributed by atoms with van der Waals surface area (Å²) in [5.74, 6) is -0.178. The highest BCUT2D eigenvalue weighted by molar-refractivity contribution is 7.09. The maximum absolute atomic E-state index is 13.4. The predicted molar refractivity (Wildman–Crippen MR) is 70.0 cm³/mol. The van der Waals surface area contributed by atoms with Crippen molar-refractivity contribution in [1.29, 1.82) is 0 Å². The van der Waals surface area contributed by atoms with E-state index in [0.717, 1.165) is 11.4 Å². The Morgan fingerprint density at radius 2 is 2.12 bits per heavy atom. The maximum atomic E-state index is 13.4. The van der Waals surface area contributed by atoms with Crippen LogP contribution in [-0.2, 0) is 0 Å². The molecule has 1 N–H and O–H groups in total. The SMILES string of the molecule is Cc1ccc(NC(C)c2scnc2C)cc1F. The molecule has 1 aromatic heterocycles. The lowest BCUT2D eigenvalue weighted by molar-refractivity contribution is 0.618. The van der Waals surface area contributed by atoms with Gasteiger partial charge in [0.15, 0.2) is 0 Å². The van der Waals surface area contributed by atoms with Crippen molar-refractivity contribution in [3.8, 4) is 0 Å². The average molecular weight is 250 g/mol. The summed E-state index contributed by atoms with van der Waals surface area (Å²) >= 11 is 1.62. The summed E-state index contributed by atoms with van der Waals surface area (Å²) in [5, 5.41) is 3.28. The molecule has 0 aliphatic carbocycles. The molecule has 0 fully saturated rings. The van der Waals surface area contributed by atoms with Crippen molar-refractivity contribution in [1.82, 2.24) is 4.98 Å². The lowest BCUT2D eigenvalue weighted by atomic mass is 10.2. The standard InChI is InChI=1S/C13H15FN2S/c1-8-4-5-11(6-12(8)14)16-10(3)13-9(2)15-7-17-13/h4-7,10,16H,1-3H3. The Morgan fingerprint density at radius 3 is 2.71 bits per heavy atom. The van der Waals surface area contributed by atoms with E-state index >= 15 is 0 Å². The molecule has 0 radical (unpaired) electrons. The van der Waals surface area contributed by atoms with Gasteiger partial charge in [0.2, 0.25) is 0 Å². The van der Waals surface area contributed by atoms with Crippen LogP contribution in [0.4, 0.5) is 10.1 Å². The van der Waals surface area contributed by atoms with Crippen LogP contribution >= 0.6 is 11.3 Å². The van der Waals surface area contributed by atoms with E-state index in [1.165, 1.54) is 10.9 Å². The smallest absolute Gasteiger partial charge is 0.128 e. The summed E-state index contributed by atoms with van der Waals surface area (Å²) in [6.45, 7) is 5.80. The van der Waals surface area contributed by atoms with Crippen LogP contribution in [0.25, 0.3) is 0 Å². The molecule has 2 rings (SSSR count). The highest BCUT2D eigenvalue weighted by atomic mass is 32.1. The van der Waals surface area contributed by atoms with Crippen LogP contribution in [0.5, 0.6) is 0 Å². The van der Waals surface area contributed by atoms with Crippen LogP contribution in [-0.4, -0.2) is 4.98 Å². The normalized spacial score (nSPS) is 12.5. The monoisotopic (exact) mass is 250 g/mol. The average Bonchev–Trinajstić information content (AvgIpc) is 2.70. The van der Waals surface area contributed by atoms with Gasteiger partial charge in [0.05, 0.1) is 17.2 Å². The summed E-state index contributed by atoms with van der Waals surface area (Å²) in [4.78, 5) is 5.40. The molecule has 0 aliphatic heterocycles. The van der Waals surface area contributed by atoms with Gasteiger partial charge < -0.3 is 5.32 Å². The minimum Gasteiger partial charge on any atom is -0.378 e. The fraction of sp³-hybridized carbons (Fsp3) is 0.308. The second-order valence-corrected chi connectivity index (χ2v) is 5.02. The van der Waals surface area contributed by atoms with Crippen LogP contribution in [0.2, 0.25) is 0 Å². The second-order valence-electron chi connectivity index (χ2n) is 4.13. The summed E-state index contributed by atoms with van der Waals surface area (Å²) in [7, 11) is 0. The zero-order chi connectivity index (χ0) is 12.4. The summed E-state index contributed by atoms with van der Waals surface area (Å²) in [5.41, 5.74) is 4.33. The van der Waals surface area contributed by atoms with Gasteiger partial charge in [0, 0.05) is 10.6 Å². The molecule has 90 valence electrons. The van der Waals surface area contributed by atoms with E-state index in [2.05, 4.69) is 17.2 Å². The predicted octanol–water partition coefficient (Wildman–Crippen LogP) is 4.07. The van der Waals surface area contributed by atoms with Crippen molar-refractivity contribution in [3.05, 3.63) is 45.7 Å². The van der Waals surface area contributed by atoms with Gasteiger partial charge in [0.25, 0.3) is 0 Å². The Bertz CT molecular complexity index is 522. The molecule has 0 amide bonds. The lowest BCUT2D eigenvalue weighted by Crippen LogP contribution is -2.06. The molecule has 0 bridgehead atoms. The lowest BCUT2D eigenvalue weighted by Gasteiger charge is -2.14. The molecule has 0 saturated heterocycles. The molecule has 2 aromatic rings. The molecule has 0 aliphatic rings. The third-order valence-corrected chi connectivity index (χ3v) is 3.84. The molecule has 0 spiro atoms. The van der Waals surface area contributed by atoms with E-state index in [1.54, 1.807) is 24.3 Å². The first-order valence-corrected chi connectivity index (χ1v) is 6.38. The van der Waals surface area contributed by atoms with Crippen LogP contribution in [0.3, 0.4) is 0 Å². The van der Waals surface area contributed by atoms with Crippen LogP contribution in [0.1, 0.15) is 29.1 Å². The van der Waals surface area contributed by atoms with E-state index in [9.17, 15) is 4.39 Å². The summed E-state index contributed by atoms with van der Waals surface area (Å²) in [6, 6.07) is 5.35. The molecule has 17 heavy (non-hydrogen) atoms. The van der Waals surface area contributed by atoms with E-state index in [1.807, 2.05) is 18.5 Å². The molecule has 1 heterocycles. The van der Waals surface area contributed by atoms with Gasteiger partial charge in [0.1, 0.15) is 5.82 Å². The highest BCUT2D eigenvalue weighted by Gasteiger charge is 2.11. The largest absolute Gasteiger partial charge is 0.378 e. The van der Waals surface area contributed by atoms with E-state index in [-0.39, 0.29) is 11.9 Å². The number of hydrogen-bond acceptors (Lipinski definition) is 3. The zero-order valence-electron chi connectivity index (χ0n) is 10.1. The van der Waals surface area contributed by atoms with Crippen LogP contribution < -0.4 is 5.32 Å². The van der Waals surface area contributed by atoms with Crippen molar-refractivity contribution in [2.24, 2.45) is 0 Å². The highest BCUT2D eigenvalue weighted by Crippen LogP contribution is 2.25. The number of rotatable bonds is 3. The number of hydrogen-bond donors (Lipinski definition) is 1. The van der Waals surface area contributed by atoms with E-state index in [0.29, 0.717) is 5.56 Å². The first-order chi connectivity index (χ1) is 8.08. The number of anilines is 1. The zero-order valence-corrected chi connectivity index (χ0v) is 10.9. The molecule has 4 heteroatoms. The Kier molecular flexibility index (Phi) is 3.43. The Balaban J connectivity index is 2.16. The quantitative estimate of drug-likeness (QED) is 0.888. The minimum absolute atomic E-state index is 0.143. The number of aryl methyl sites for hydroxylation is 2. The van der Waals surface area contributed by atoms with Crippen molar-refractivity contribution in [3.63, 3.8) is 0 Å². The molecular weight excluding hydrogens is 235 g/mol. The van der Waals surface area contributed by atoms with Crippen molar-refractivity contribution >= 4 is 17.0 Å². The van der Waals surface area contributed by atoms with Crippen molar-refractivity contribution < 1.29 is 4.39 Å². The molecule has 0 saturated carbocycles. The molecular formula is C13H15FN2S. The fourth-order valence-corrected chi connectivity index (χ4v) is 2.54. The number of nitrogens with zero attached hydrogens (tertiary/aromatic N) is 1. The van der Waals surface area contributed by atoms with Gasteiger partial charge in [-0.3, -0.25) is 0 Å².